The predicted molar refractivity (Wildman–Crippen MR) is 102 cm³/mol. The summed E-state index contributed by atoms with van der Waals surface area (Å²) >= 11 is 0. The van der Waals surface area contributed by atoms with Gasteiger partial charge in [0.25, 0.3) is 0 Å². The van der Waals surface area contributed by atoms with Crippen LogP contribution in [0.5, 0.6) is 11.5 Å². The number of carbonyl (C=O) groups is 1. The maximum atomic E-state index is 12.4. The van der Waals surface area contributed by atoms with Crippen LogP contribution in [0.25, 0.3) is 0 Å². The Morgan fingerprint density at radius 1 is 1.04 bits per heavy atom. The molecule has 0 amide bonds. The molecule has 1 aliphatic heterocycles. The second-order valence-corrected chi connectivity index (χ2v) is 7.24. The van der Waals surface area contributed by atoms with Gasteiger partial charge in [0.15, 0.2) is 12.0 Å². The maximum absolute atomic E-state index is 12.4. The Balaban J connectivity index is 1.66. The number of Topliss-reactive ketones (excluding diaryl/α,β-unsaturated/α-hetero) is 1. The van der Waals surface area contributed by atoms with Crippen LogP contribution < -0.4 is 4.74 Å². The molecule has 0 unspecified atom stereocenters. The first-order valence-corrected chi connectivity index (χ1v) is 8.85. The van der Waals surface area contributed by atoms with Gasteiger partial charge < -0.3 is 18.9 Å². The van der Waals surface area contributed by atoms with Crippen molar-refractivity contribution < 1.29 is 23.7 Å². The van der Waals surface area contributed by atoms with Crippen molar-refractivity contribution in [3.63, 3.8) is 0 Å². The zero-order valence-electron chi connectivity index (χ0n) is 15.9. The summed E-state index contributed by atoms with van der Waals surface area (Å²) in [5.41, 5.74) is 0.943. The Bertz CT molecular complexity index is 811. The van der Waals surface area contributed by atoms with E-state index in [1.165, 1.54) is 0 Å². The van der Waals surface area contributed by atoms with Crippen LogP contribution in [0.4, 0.5) is 0 Å². The number of carbonyl (C=O) groups excluding carboxylic acids is 1. The molecule has 0 N–H and O–H groups in total. The largest absolute Gasteiger partial charge is 0.485 e. The van der Waals surface area contributed by atoms with Crippen molar-refractivity contribution >= 4 is 5.78 Å². The van der Waals surface area contributed by atoms with Crippen LogP contribution in [0.2, 0.25) is 0 Å². The van der Waals surface area contributed by atoms with Crippen molar-refractivity contribution in [2.45, 2.75) is 32.7 Å². The van der Waals surface area contributed by atoms with Crippen LogP contribution >= 0.6 is 0 Å². The van der Waals surface area contributed by atoms with Crippen molar-refractivity contribution in [1.82, 2.24) is 0 Å². The van der Waals surface area contributed by atoms with E-state index in [4.69, 9.17) is 18.9 Å². The highest BCUT2D eigenvalue weighted by Crippen LogP contribution is 2.29. The maximum Gasteiger partial charge on any atom is 0.226 e. The fourth-order valence-electron chi connectivity index (χ4n) is 2.66. The predicted octanol–water partition coefficient (Wildman–Crippen LogP) is 5.04. The Hall–Kier alpha value is -2.63. The number of ether oxygens (including phenoxy) is 4. The van der Waals surface area contributed by atoms with Gasteiger partial charge in [-0.2, -0.15) is 0 Å². The normalized spacial score (nSPS) is 14.8. The fraction of sp³-hybridized carbons (Fsp3) is 0.318. The number of allylic oxidation sites excluding steroid dienone is 1. The van der Waals surface area contributed by atoms with Gasteiger partial charge in [-0.1, -0.05) is 18.7 Å². The fourth-order valence-corrected chi connectivity index (χ4v) is 2.66. The molecule has 1 saturated heterocycles. The third-order valence-electron chi connectivity index (χ3n) is 3.79. The molecule has 1 heterocycles. The molecule has 0 bridgehead atoms. The monoisotopic (exact) mass is 368 g/mol. The van der Waals surface area contributed by atoms with E-state index in [1.807, 2.05) is 45.0 Å². The van der Waals surface area contributed by atoms with Crippen molar-refractivity contribution in [2.75, 3.05) is 13.2 Å². The molecule has 2 aromatic carbocycles. The molecule has 1 fully saturated rings. The second-order valence-electron chi connectivity index (χ2n) is 7.24. The highest BCUT2D eigenvalue weighted by atomic mass is 16.7. The van der Waals surface area contributed by atoms with Crippen molar-refractivity contribution in [3.05, 3.63) is 72.0 Å². The molecule has 1 aliphatic rings. The molecule has 27 heavy (non-hydrogen) atoms. The number of hydrogen-bond donors (Lipinski definition) is 0. The quantitative estimate of drug-likeness (QED) is 0.406. The Labute approximate surface area is 159 Å². The highest BCUT2D eigenvalue weighted by Gasteiger charge is 2.20. The zero-order valence-corrected chi connectivity index (χ0v) is 15.9. The van der Waals surface area contributed by atoms with Gasteiger partial charge in [0.1, 0.15) is 17.1 Å². The lowest BCUT2D eigenvalue weighted by Crippen LogP contribution is -2.21. The number of rotatable bonds is 6. The lowest BCUT2D eigenvalue weighted by molar-refractivity contribution is -0.0442. The summed E-state index contributed by atoms with van der Waals surface area (Å²) in [5, 5.41) is 0. The van der Waals surface area contributed by atoms with Gasteiger partial charge in [0.2, 0.25) is 5.78 Å². The second kappa shape index (κ2) is 7.94. The van der Waals surface area contributed by atoms with E-state index in [9.17, 15) is 4.79 Å². The molecular weight excluding hydrogens is 344 g/mol. The number of benzene rings is 2. The molecule has 0 aliphatic carbocycles. The van der Waals surface area contributed by atoms with Crippen LogP contribution in [-0.4, -0.2) is 24.6 Å². The van der Waals surface area contributed by atoms with Crippen LogP contribution in [0.1, 0.15) is 43.0 Å². The van der Waals surface area contributed by atoms with Crippen molar-refractivity contribution in [2.24, 2.45) is 0 Å². The van der Waals surface area contributed by atoms with E-state index < -0.39 is 5.60 Å². The standard InChI is InChI=1S/C22H24O5/c1-15(27-22(2,3)4)20(23)16-8-10-18(11-9-16)26-19-7-5-6-17(14-19)21-24-12-13-25-21/h5-11,14,21H,1,12-13H2,2-4H3. The molecule has 0 atom stereocenters. The van der Waals surface area contributed by atoms with Gasteiger partial charge in [-0.3, -0.25) is 4.79 Å². The van der Waals surface area contributed by atoms with E-state index in [-0.39, 0.29) is 17.8 Å². The Kier molecular flexibility index (Phi) is 5.63. The van der Waals surface area contributed by atoms with Gasteiger partial charge in [0, 0.05) is 11.1 Å². The third-order valence-corrected chi connectivity index (χ3v) is 3.79. The van der Waals surface area contributed by atoms with E-state index in [0.29, 0.717) is 30.3 Å². The molecule has 142 valence electrons. The van der Waals surface area contributed by atoms with Gasteiger partial charge >= 0.3 is 0 Å². The molecule has 2 aromatic rings. The van der Waals surface area contributed by atoms with Gasteiger partial charge in [-0.15, -0.1) is 0 Å². The summed E-state index contributed by atoms with van der Waals surface area (Å²) in [6, 6.07) is 14.4. The first kappa shape index (κ1) is 19.1. The van der Waals surface area contributed by atoms with Gasteiger partial charge in [0.05, 0.1) is 13.2 Å². The summed E-state index contributed by atoms with van der Waals surface area (Å²) in [6.07, 6.45) is -0.345. The smallest absolute Gasteiger partial charge is 0.226 e. The molecule has 3 rings (SSSR count). The average Bonchev–Trinajstić information content (AvgIpc) is 3.15. The molecule has 0 aromatic heterocycles. The Morgan fingerprint density at radius 2 is 1.70 bits per heavy atom. The summed E-state index contributed by atoms with van der Waals surface area (Å²) in [7, 11) is 0. The summed E-state index contributed by atoms with van der Waals surface area (Å²) in [6.45, 7) is 10.5. The minimum atomic E-state index is -0.465. The van der Waals surface area contributed by atoms with Crippen LogP contribution in [0.3, 0.4) is 0 Å². The van der Waals surface area contributed by atoms with E-state index >= 15 is 0 Å². The highest BCUT2D eigenvalue weighted by molar-refractivity contribution is 6.07. The van der Waals surface area contributed by atoms with E-state index in [2.05, 4.69) is 6.58 Å². The molecule has 0 saturated carbocycles. The zero-order chi connectivity index (χ0) is 19.4. The molecule has 5 heteroatoms. The first-order chi connectivity index (χ1) is 12.8. The molecular formula is C22H24O5. The summed E-state index contributed by atoms with van der Waals surface area (Å²) in [5.74, 6) is 1.18. The Morgan fingerprint density at radius 3 is 2.33 bits per heavy atom. The van der Waals surface area contributed by atoms with Crippen LogP contribution in [0.15, 0.2) is 60.9 Å². The van der Waals surface area contributed by atoms with Crippen LogP contribution in [0, 0.1) is 0 Å². The topological polar surface area (TPSA) is 54.0 Å². The van der Waals surface area contributed by atoms with Crippen molar-refractivity contribution in [1.29, 1.82) is 0 Å². The van der Waals surface area contributed by atoms with Crippen molar-refractivity contribution in [3.8, 4) is 11.5 Å². The summed E-state index contributed by atoms with van der Waals surface area (Å²) < 4.78 is 22.4. The summed E-state index contributed by atoms with van der Waals surface area (Å²) in [4.78, 5) is 12.4. The van der Waals surface area contributed by atoms with Crippen LogP contribution in [-0.2, 0) is 14.2 Å². The SMILES string of the molecule is C=C(OC(C)(C)C)C(=O)c1ccc(Oc2cccc(C3OCCO3)c2)cc1. The average molecular weight is 368 g/mol. The molecule has 0 spiro atoms. The number of ketones is 1. The molecule has 0 radical (unpaired) electrons. The lowest BCUT2D eigenvalue weighted by atomic mass is 10.1. The minimum Gasteiger partial charge on any atom is -0.485 e. The third kappa shape index (κ3) is 5.18. The number of hydrogen-bond acceptors (Lipinski definition) is 5. The van der Waals surface area contributed by atoms with E-state index in [1.54, 1.807) is 24.3 Å². The van der Waals surface area contributed by atoms with E-state index in [0.717, 1.165) is 5.56 Å². The van der Waals surface area contributed by atoms with Gasteiger partial charge in [-0.25, -0.2) is 0 Å². The van der Waals surface area contributed by atoms with Gasteiger partial charge in [-0.05, 0) is 57.2 Å². The first-order valence-electron chi connectivity index (χ1n) is 8.85. The minimum absolute atomic E-state index is 0.125. The molecule has 5 nitrogen and oxygen atoms in total. The lowest BCUT2D eigenvalue weighted by Gasteiger charge is -2.22.